The van der Waals surface area contributed by atoms with Crippen molar-refractivity contribution >= 4 is 0 Å². The summed E-state index contributed by atoms with van der Waals surface area (Å²) in [5.41, 5.74) is 1.60. The highest BCUT2D eigenvalue weighted by atomic mass is 16.5. The Morgan fingerprint density at radius 1 is 1.47 bits per heavy atom. The van der Waals surface area contributed by atoms with E-state index in [1.807, 2.05) is 24.3 Å². The van der Waals surface area contributed by atoms with Crippen molar-refractivity contribution < 1.29 is 4.74 Å². The van der Waals surface area contributed by atoms with Gasteiger partial charge in [-0.2, -0.15) is 5.26 Å². The topological polar surface area (TPSA) is 45.0 Å². The Hall–Kier alpha value is -1.53. The Labute approximate surface area is 115 Å². The molecule has 0 aromatic heterocycles. The molecule has 1 aliphatic carbocycles. The van der Waals surface area contributed by atoms with Gasteiger partial charge in [0.2, 0.25) is 0 Å². The van der Waals surface area contributed by atoms with Crippen molar-refractivity contribution in [2.75, 3.05) is 6.61 Å². The number of benzene rings is 1. The molecule has 1 unspecified atom stereocenters. The van der Waals surface area contributed by atoms with Gasteiger partial charge in [-0.05, 0) is 36.0 Å². The number of hydrogen-bond acceptors (Lipinski definition) is 3. The second kappa shape index (κ2) is 6.08. The fourth-order valence-electron chi connectivity index (χ4n) is 2.81. The van der Waals surface area contributed by atoms with Crippen LogP contribution in [0, 0.1) is 16.7 Å². The lowest BCUT2D eigenvalue weighted by atomic mass is 9.87. The van der Waals surface area contributed by atoms with Crippen molar-refractivity contribution in [2.45, 2.75) is 45.7 Å². The average molecular weight is 258 g/mol. The smallest absolute Gasteiger partial charge is 0.174 e. The lowest BCUT2D eigenvalue weighted by Crippen LogP contribution is -2.37. The third-order valence-electron chi connectivity index (χ3n) is 4.01. The molecule has 0 saturated heterocycles. The molecule has 0 spiro atoms. The van der Waals surface area contributed by atoms with Crippen LogP contribution in [0.15, 0.2) is 24.3 Å². The highest BCUT2D eigenvalue weighted by molar-refractivity contribution is 5.28. The van der Waals surface area contributed by atoms with Crippen molar-refractivity contribution in [1.82, 2.24) is 5.32 Å². The lowest BCUT2D eigenvalue weighted by Gasteiger charge is -2.28. The first-order valence-corrected chi connectivity index (χ1v) is 6.94. The van der Waals surface area contributed by atoms with Crippen LogP contribution in [-0.4, -0.2) is 12.6 Å². The molecule has 2 rings (SSSR count). The zero-order valence-electron chi connectivity index (χ0n) is 11.8. The summed E-state index contributed by atoms with van der Waals surface area (Å²) in [7, 11) is 0. The molecule has 0 aliphatic heterocycles. The van der Waals surface area contributed by atoms with Gasteiger partial charge in [0.25, 0.3) is 0 Å². The lowest BCUT2D eigenvalue weighted by molar-refractivity contribution is 0.282. The van der Waals surface area contributed by atoms with E-state index in [1.54, 1.807) is 0 Å². The minimum absolute atomic E-state index is 0.104. The molecule has 0 bridgehead atoms. The molecule has 3 heteroatoms. The molecule has 0 heterocycles. The Balaban J connectivity index is 1.91. The van der Waals surface area contributed by atoms with Crippen molar-refractivity contribution in [3.63, 3.8) is 0 Å². The number of hydrogen-bond donors (Lipinski definition) is 1. The quantitative estimate of drug-likeness (QED) is 0.881. The Bertz CT molecular complexity index is 462. The van der Waals surface area contributed by atoms with E-state index in [2.05, 4.69) is 25.2 Å². The molecular formula is C16H22N2O. The molecule has 0 radical (unpaired) electrons. The van der Waals surface area contributed by atoms with Crippen LogP contribution < -0.4 is 10.1 Å². The number of nitrogens with one attached hydrogen (secondary N) is 1. The van der Waals surface area contributed by atoms with Gasteiger partial charge >= 0.3 is 0 Å². The van der Waals surface area contributed by atoms with Crippen molar-refractivity contribution in [1.29, 1.82) is 5.26 Å². The van der Waals surface area contributed by atoms with E-state index in [0.717, 1.165) is 12.3 Å². The summed E-state index contributed by atoms with van der Waals surface area (Å²) >= 11 is 0. The number of nitrogens with zero attached hydrogens (tertiary/aromatic N) is 1. The predicted octanol–water partition coefficient (Wildman–Crippen LogP) is 3.26. The maximum Gasteiger partial charge on any atom is 0.174 e. The van der Waals surface area contributed by atoms with Crippen molar-refractivity contribution in [3.8, 4) is 11.8 Å². The van der Waals surface area contributed by atoms with Crippen LogP contribution in [0.1, 0.15) is 38.7 Å². The monoisotopic (exact) mass is 258 g/mol. The number of ether oxygens (including phenoxy) is 1. The molecule has 1 saturated carbocycles. The standard InChI is InChI=1S/C16H22N2O/c1-16(2)8-4-7-15(16)18-12-13-5-3-6-14(11-13)19-10-9-17/h3,5-6,11,15,18H,4,7-8,10,12H2,1-2H3. The minimum atomic E-state index is 0.104. The fourth-order valence-corrected chi connectivity index (χ4v) is 2.81. The Morgan fingerprint density at radius 2 is 2.32 bits per heavy atom. The van der Waals surface area contributed by atoms with Crippen LogP contribution in [0.3, 0.4) is 0 Å². The summed E-state index contributed by atoms with van der Waals surface area (Å²) in [6, 6.07) is 10.5. The normalized spacial score (nSPS) is 21.0. The largest absolute Gasteiger partial charge is 0.479 e. The van der Waals surface area contributed by atoms with Gasteiger partial charge in [-0.25, -0.2) is 0 Å². The summed E-state index contributed by atoms with van der Waals surface area (Å²) in [4.78, 5) is 0. The molecule has 1 N–H and O–H groups in total. The van der Waals surface area contributed by atoms with E-state index >= 15 is 0 Å². The average Bonchev–Trinajstić information content (AvgIpc) is 2.73. The van der Waals surface area contributed by atoms with Crippen LogP contribution >= 0.6 is 0 Å². The molecule has 1 atom stereocenters. The van der Waals surface area contributed by atoms with E-state index in [4.69, 9.17) is 10.00 Å². The van der Waals surface area contributed by atoms with E-state index in [0.29, 0.717) is 11.5 Å². The number of rotatable bonds is 5. The Morgan fingerprint density at radius 3 is 3.00 bits per heavy atom. The molecular weight excluding hydrogens is 236 g/mol. The summed E-state index contributed by atoms with van der Waals surface area (Å²) in [6.07, 6.45) is 3.88. The third kappa shape index (κ3) is 3.71. The van der Waals surface area contributed by atoms with Crippen molar-refractivity contribution in [2.24, 2.45) is 5.41 Å². The van der Waals surface area contributed by atoms with Gasteiger partial charge in [0.15, 0.2) is 6.61 Å². The maximum absolute atomic E-state index is 8.51. The molecule has 1 aliphatic rings. The van der Waals surface area contributed by atoms with E-state index in [-0.39, 0.29) is 6.61 Å². The van der Waals surface area contributed by atoms with Gasteiger partial charge in [0, 0.05) is 12.6 Å². The van der Waals surface area contributed by atoms with Crippen LogP contribution in [0.2, 0.25) is 0 Å². The summed E-state index contributed by atoms with van der Waals surface area (Å²) in [5, 5.41) is 12.2. The fraction of sp³-hybridized carbons (Fsp3) is 0.562. The second-order valence-electron chi connectivity index (χ2n) is 5.91. The van der Waals surface area contributed by atoms with Gasteiger partial charge in [0.1, 0.15) is 11.8 Å². The summed E-state index contributed by atoms with van der Waals surface area (Å²) < 4.78 is 5.32. The first-order chi connectivity index (χ1) is 9.12. The third-order valence-corrected chi connectivity index (χ3v) is 4.01. The zero-order valence-corrected chi connectivity index (χ0v) is 11.8. The molecule has 1 aromatic carbocycles. The van der Waals surface area contributed by atoms with Crippen LogP contribution in [0.5, 0.6) is 5.75 Å². The highest BCUT2D eigenvalue weighted by Crippen LogP contribution is 2.37. The molecule has 1 aromatic rings. The molecule has 102 valence electrons. The molecule has 1 fully saturated rings. The van der Waals surface area contributed by atoms with Crippen molar-refractivity contribution in [3.05, 3.63) is 29.8 Å². The Kier molecular flexibility index (Phi) is 4.44. The minimum Gasteiger partial charge on any atom is -0.479 e. The van der Waals surface area contributed by atoms with E-state index < -0.39 is 0 Å². The van der Waals surface area contributed by atoms with Gasteiger partial charge < -0.3 is 10.1 Å². The second-order valence-corrected chi connectivity index (χ2v) is 5.91. The van der Waals surface area contributed by atoms with Crippen LogP contribution in [0.25, 0.3) is 0 Å². The zero-order chi connectivity index (χ0) is 13.7. The summed E-state index contributed by atoms with van der Waals surface area (Å²) in [6.45, 7) is 5.64. The molecule has 0 amide bonds. The maximum atomic E-state index is 8.51. The van der Waals surface area contributed by atoms with Gasteiger partial charge in [-0.3, -0.25) is 0 Å². The molecule has 3 nitrogen and oxygen atoms in total. The first-order valence-electron chi connectivity index (χ1n) is 6.94. The van der Waals surface area contributed by atoms with Gasteiger partial charge in [-0.15, -0.1) is 0 Å². The number of nitriles is 1. The van der Waals surface area contributed by atoms with Gasteiger partial charge in [0.05, 0.1) is 0 Å². The van der Waals surface area contributed by atoms with E-state index in [1.165, 1.54) is 24.8 Å². The molecule has 19 heavy (non-hydrogen) atoms. The van der Waals surface area contributed by atoms with Gasteiger partial charge in [-0.1, -0.05) is 32.4 Å². The highest BCUT2D eigenvalue weighted by Gasteiger charge is 2.33. The predicted molar refractivity (Wildman–Crippen MR) is 75.8 cm³/mol. The SMILES string of the molecule is CC1(C)CCCC1NCc1cccc(OCC#N)c1. The summed E-state index contributed by atoms with van der Waals surface area (Å²) in [5.74, 6) is 0.770. The van der Waals surface area contributed by atoms with Crippen LogP contribution in [-0.2, 0) is 6.54 Å². The first kappa shape index (κ1) is 13.9. The van der Waals surface area contributed by atoms with E-state index in [9.17, 15) is 0 Å². The van der Waals surface area contributed by atoms with Crippen LogP contribution in [0.4, 0.5) is 0 Å².